The monoisotopic (exact) mass is 364 g/mol. The summed E-state index contributed by atoms with van der Waals surface area (Å²) in [5.74, 6) is -0.0446. The maximum atomic E-state index is 12.0. The molecule has 2 heterocycles. The van der Waals surface area contributed by atoms with Crippen molar-refractivity contribution in [2.75, 3.05) is 12.8 Å². The van der Waals surface area contributed by atoms with Crippen LogP contribution in [0.1, 0.15) is 17.0 Å². The zero-order chi connectivity index (χ0) is 18.0. The Morgan fingerprint density at radius 1 is 1.32 bits per heavy atom. The van der Waals surface area contributed by atoms with Gasteiger partial charge in [0.1, 0.15) is 5.75 Å². The van der Waals surface area contributed by atoms with Crippen LogP contribution in [0.25, 0.3) is 0 Å². The molecule has 2 aromatic rings. The minimum atomic E-state index is -3.22. The lowest BCUT2D eigenvalue weighted by atomic mass is 10.1. The molecule has 8 nitrogen and oxygen atoms in total. The molecule has 1 amide bonds. The molecular weight excluding hydrogens is 344 g/mol. The summed E-state index contributed by atoms with van der Waals surface area (Å²) in [6, 6.07) is 8.38. The third-order valence-corrected chi connectivity index (χ3v) is 5.27. The lowest BCUT2D eigenvalue weighted by molar-refractivity contribution is -0.120. The van der Waals surface area contributed by atoms with E-state index in [-0.39, 0.29) is 24.6 Å². The van der Waals surface area contributed by atoms with Crippen LogP contribution in [-0.4, -0.2) is 46.3 Å². The van der Waals surface area contributed by atoms with Crippen LogP contribution >= 0.6 is 0 Å². The number of hydrogen-bond donors (Lipinski definition) is 2. The van der Waals surface area contributed by atoms with Crippen LogP contribution < -0.4 is 5.32 Å². The molecule has 0 bridgehead atoms. The Morgan fingerprint density at radius 2 is 2.12 bits per heavy atom. The molecule has 9 heteroatoms. The highest BCUT2D eigenvalue weighted by Crippen LogP contribution is 2.16. The summed E-state index contributed by atoms with van der Waals surface area (Å²) < 4.78 is 26.5. The van der Waals surface area contributed by atoms with Crippen LogP contribution in [0.4, 0.5) is 0 Å². The first kappa shape index (κ1) is 17.4. The van der Waals surface area contributed by atoms with Crippen molar-refractivity contribution in [1.29, 1.82) is 0 Å². The Labute approximate surface area is 146 Å². The molecule has 0 saturated carbocycles. The fourth-order valence-electron chi connectivity index (χ4n) is 2.77. The summed E-state index contributed by atoms with van der Waals surface area (Å²) in [7, 11) is -3.22. The summed E-state index contributed by atoms with van der Waals surface area (Å²) in [6.07, 6.45) is 1.37. The van der Waals surface area contributed by atoms with E-state index < -0.39 is 10.0 Å². The topological polar surface area (TPSA) is 105 Å². The van der Waals surface area contributed by atoms with Gasteiger partial charge < -0.3 is 10.4 Å². The quantitative estimate of drug-likeness (QED) is 0.790. The Kier molecular flexibility index (Phi) is 4.78. The van der Waals surface area contributed by atoms with Gasteiger partial charge in [0.05, 0.1) is 43.7 Å². The van der Waals surface area contributed by atoms with Gasteiger partial charge >= 0.3 is 0 Å². The number of fused-ring (bicyclic) bond motifs is 1. The van der Waals surface area contributed by atoms with Crippen molar-refractivity contribution in [3.05, 3.63) is 47.3 Å². The average Bonchev–Trinajstić information content (AvgIpc) is 2.94. The SMILES string of the molecule is CS(=O)(=O)N1CCn2nc(CNC(=O)Cc3cccc(O)c3)cc2C1. The van der Waals surface area contributed by atoms with Crippen molar-refractivity contribution in [2.24, 2.45) is 0 Å². The summed E-state index contributed by atoms with van der Waals surface area (Å²) in [4.78, 5) is 12.0. The van der Waals surface area contributed by atoms with Gasteiger partial charge in [0.15, 0.2) is 0 Å². The Morgan fingerprint density at radius 3 is 2.84 bits per heavy atom. The number of amides is 1. The molecule has 0 spiro atoms. The highest BCUT2D eigenvalue weighted by Gasteiger charge is 2.24. The molecule has 0 aliphatic carbocycles. The van der Waals surface area contributed by atoms with Crippen LogP contribution in [0.15, 0.2) is 30.3 Å². The number of aromatic hydroxyl groups is 1. The van der Waals surface area contributed by atoms with Gasteiger partial charge in [0.2, 0.25) is 15.9 Å². The first-order valence-electron chi connectivity index (χ1n) is 7.86. The van der Waals surface area contributed by atoms with E-state index >= 15 is 0 Å². The molecule has 1 aliphatic heterocycles. The van der Waals surface area contributed by atoms with Gasteiger partial charge in [-0.2, -0.15) is 9.40 Å². The van der Waals surface area contributed by atoms with Gasteiger partial charge in [-0.3, -0.25) is 9.48 Å². The lowest BCUT2D eigenvalue weighted by Crippen LogP contribution is -2.37. The fourth-order valence-corrected chi connectivity index (χ4v) is 3.55. The molecule has 25 heavy (non-hydrogen) atoms. The minimum Gasteiger partial charge on any atom is -0.508 e. The molecule has 0 unspecified atom stereocenters. The summed E-state index contributed by atoms with van der Waals surface area (Å²) in [5, 5.41) is 16.6. The van der Waals surface area contributed by atoms with Crippen molar-refractivity contribution in [1.82, 2.24) is 19.4 Å². The number of phenols is 1. The molecule has 1 aromatic carbocycles. The summed E-state index contributed by atoms with van der Waals surface area (Å²) in [5.41, 5.74) is 2.23. The van der Waals surface area contributed by atoms with E-state index in [1.54, 1.807) is 28.9 Å². The zero-order valence-corrected chi connectivity index (χ0v) is 14.7. The van der Waals surface area contributed by atoms with E-state index in [4.69, 9.17) is 0 Å². The number of hydrogen-bond acceptors (Lipinski definition) is 5. The van der Waals surface area contributed by atoms with Gasteiger partial charge in [-0.1, -0.05) is 12.1 Å². The minimum absolute atomic E-state index is 0.127. The van der Waals surface area contributed by atoms with Crippen LogP contribution in [0.5, 0.6) is 5.75 Å². The molecule has 0 saturated heterocycles. The first-order valence-corrected chi connectivity index (χ1v) is 9.71. The summed E-state index contributed by atoms with van der Waals surface area (Å²) >= 11 is 0. The molecule has 0 fully saturated rings. The second-order valence-electron chi connectivity index (χ2n) is 6.07. The smallest absolute Gasteiger partial charge is 0.224 e. The molecule has 1 aliphatic rings. The van der Waals surface area contributed by atoms with Crippen molar-refractivity contribution < 1.29 is 18.3 Å². The Hall–Kier alpha value is -2.39. The second-order valence-corrected chi connectivity index (χ2v) is 8.05. The fraction of sp³-hybridized carbons (Fsp3) is 0.375. The molecule has 1 aromatic heterocycles. The average molecular weight is 364 g/mol. The number of carbonyl (C=O) groups is 1. The highest BCUT2D eigenvalue weighted by molar-refractivity contribution is 7.88. The van der Waals surface area contributed by atoms with Crippen molar-refractivity contribution in [2.45, 2.75) is 26.1 Å². The maximum absolute atomic E-state index is 12.0. The number of phenolic OH excluding ortho intramolecular Hbond substituents is 1. The number of sulfonamides is 1. The van der Waals surface area contributed by atoms with Crippen LogP contribution in [0.3, 0.4) is 0 Å². The molecule has 0 radical (unpaired) electrons. The zero-order valence-electron chi connectivity index (χ0n) is 13.8. The molecule has 0 atom stereocenters. The van der Waals surface area contributed by atoms with Crippen LogP contribution in [0.2, 0.25) is 0 Å². The molecule has 2 N–H and O–H groups in total. The number of benzene rings is 1. The van der Waals surface area contributed by atoms with E-state index in [1.165, 1.54) is 10.6 Å². The maximum Gasteiger partial charge on any atom is 0.224 e. The van der Waals surface area contributed by atoms with Gasteiger partial charge in [0.25, 0.3) is 0 Å². The summed E-state index contributed by atoms with van der Waals surface area (Å²) in [6.45, 7) is 1.47. The Balaban J connectivity index is 1.58. The predicted octanol–water partition coefficient (Wildman–Crippen LogP) is 0.223. The van der Waals surface area contributed by atoms with Gasteiger partial charge in [-0.25, -0.2) is 8.42 Å². The number of nitrogens with zero attached hydrogens (tertiary/aromatic N) is 3. The van der Waals surface area contributed by atoms with Crippen molar-refractivity contribution in [3.63, 3.8) is 0 Å². The second kappa shape index (κ2) is 6.85. The van der Waals surface area contributed by atoms with Gasteiger partial charge in [-0.15, -0.1) is 0 Å². The van der Waals surface area contributed by atoms with Crippen molar-refractivity contribution >= 4 is 15.9 Å². The number of rotatable bonds is 5. The number of nitrogens with one attached hydrogen (secondary N) is 1. The molecule has 3 rings (SSSR count). The predicted molar refractivity (Wildman–Crippen MR) is 91.1 cm³/mol. The molecule has 134 valence electrons. The highest BCUT2D eigenvalue weighted by atomic mass is 32.2. The van der Waals surface area contributed by atoms with Crippen molar-refractivity contribution in [3.8, 4) is 5.75 Å². The lowest BCUT2D eigenvalue weighted by Gasteiger charge is -2.25. The first-order chi connectivity index (χ1) is 11.8. The van der Waals surface area contributed by atoms with E-state index in [9.17, 15) is 18.3 Å². The third kappa shape index (κ3) is 4.37. The van der Waals surface area contributed by atoms with E-state index in [2.05, 4.69) is 10.4 Å². The van der Waals surface area contributed by atoms with Gasteiger partial charge in [-0.05, 0) is 23.8 Å². The normalized spacial score (nSPS) is 14.9. The van der Waals surface area contributed by atoms with E-state index in [0.717, 1.165) is 11.3 Å². The molecular formula is C16H20N4O4S. The Bertz CT molecular complexity index is 891. The van der Waals surface area contributed by atoms with E-state index in [1.807, 2.05) is 6.07 Å². The number of aromatic nitrogens is 2. The van der Waals surface area contributed by atoms with E-state index in [0.29, 0.717) is 25.3 Å². The standard InChI is InChI=1S/C16H20N4O4S/c1-25(23,24)19-5-6-20-14(11-19)9-13(18-20)10-17-16(22)8-12-3-2-4-15(21)7-12/h2-4,7,9,21H,5-6,8,10-11H2,1H3,(H,17,22). The number of carbonyl (C=O) groups excluding carboxylic acids is 1. The largest absolute Gasteiger partial charge is 0.508 e. The van der Waals surface area contributed by atoms with Gasteiger partial charge in [0, 0.05) is 6.54 Å². The van der Waals surface area contributed by atoms with Crippen LogP contribution in [-0.2, 0) is 40.9 Å². The van der Waals surface area contributed by atoms with Crippen LogP contribution in [0, 0.1) is 0 Å². The third-order valence-electron chi connectivity index (χ3n) is 4.02.